The van der Waals surface area contributed by atoms with Crippen molar-refractivity contribution in [2.45, 2.75) is 33.1 Å². The van der Waals surface area contributed by atoms with Gasteiger partial charge in [0.25, 0.3) is 0 Å². The Balaban J connectivity index is 1.82. The summed E-state index contributed by atoms with van der Waals surface area (Å²) in [5, 5.41) is 9.27. The second-order valence-electron chi connectivity index (χ2n) is 6.14. The fraction of sp³-hybridized carbons (Fsp3) is 0.556. The van der Waals surface area contributed by atoms with Gasteiger partial charge in [0.05, 0.1) is 12.7 Å². The predicted octanol–water partition coefficient (Wildman–Crippen LogP) is 3.16. The van der Waals surface area contributed by atoms with Crippen molar-refractivity contribution in [2.75, 3.05) is 19.7 Å². The highest BCUT2D eigenvalue weighted by Gasteiger charge is 2.26. The molecule has 0 bridgehead atoms. The topological polar surface area (TPSA) is 53.3 Å². The van der Waals surface area contributed by atoms with Crippen LogP contribution in [-0.2, 0) is 4.79 Å². The number of hydrogen-bond donors (Lipinski definition) is 0. The summed E-state index contributed by atoms with van der Waals surface area (Å²) in [5.41, 5.74) is 1.13. The average molecular weight is 300 g/mol. The summed E-state index contributed by atoms with van der Waals surface area (Å²) in [6.07, 6.45) is 2.50. The molecule has 1 aliphatic rings. The molecule has 118 valence electrons. The molecule has 1 saturated heterocycles. The summed E-state index contributed by atoms with van der Waals surface area (Å²) < 4.78 is 5.65. The van der Waals surface area contributed by atoms with E-state index in [1.54, 1.807) is 0 Å². The number of nitrogens with zero attached hydrogens (tertiary/aromatic N) is 2. The molecule has 0 radical (unpaired) electrons. The van der Waals surface area contributed by atoms with E-state index in [9.17, 15) is 10.1 Å². The average Bonchev–Trinajstić information content (AvgIpc) is 2.52. The third-order valence-corrected chi connectivity index (χ3v) is 4.21. The first-order chi connectivity index (χ1) is 10.6. The SMILES string of the molecule is Cc1cccc(OCCC(C#N)C(=O)N2CCC(C)CC2)c1. The molecular weight excluding hydrogens is 276 g/mol. The highest BCUT2D eigenvalue weighted by Crippen LogP contribution is 2.19. The van der Waals surface area contributed by atoms with Gasteiger partial charge in [-0.25, -0.2) is 0 Å². The summed E-state index contributed by atoms with van der Waals surface area (Å²) in [5.74, 6) is 0.825. The predicted molar refractivity (Wildman–Crippen MR) is 85.4 cm³/mol. The van der Waals surface area contributed by atoms with E-state index < -0.39 is 5.92 Å². The van der Waals surface area contributed by atoms with E-state index in [0.29, 0.717) is 18.9 Å². The number of nitriles is 1. The van der Waals surface area contributed by atoms with Gasteiger partial charge in [0, 0.05) is 19.5 Å². The maximum Gasteiger partial charge on any atom is 0.240 e. The summed E-state index contributed by atoms with van der Waals surface area (Å²) >= 11 is 0. The Bertz CT molecular complexity index is 542. The van der Waals surface area contributed by atoms with Crippen molar-refractivity contribution in [3.63, 3.8) is 0 Å². The van der Waals surface area contributed by atoms with Crippen LogP contribution in [0.15, 0.2) is 24.3 Å². The molecule has 1 aromatic carbocycles. The van der Waals surface area contributed by atoms with Crippen molar-refractivity contribution >= 4 is 5.91 Å². The van der Waals surface area contributed by atoms with Gasteiger partial charge in [-0.3, -0.25) is 4.79 Å². The molecular formula is C18H24N2O2. The third-order valence-electron chi connectivity index (χ3n) is 4.21. The van der Waals surface area contributed by atoms with Crippen LogP contribution in [-0.4, -0.2) is 30.5 Å². The molecule has 4 nitrogen and oxygen atoms in total. The van der Waals surface area contributed by atoms with E-state index in [4.69, 9.17) is 4.74 Å². The zero-order valence-corrected chi connectivity index (χ0v) is 13.4. The summed E-state index contributed by atoms with van der Waals surface area (Å²) in [6, 6.07) is 9.92. The van der Waals surface area contributed by atoms with Gasteiger partial charge in [0.15, 0.2) is 0 Å². The van der Waals surface area contributed by atoms with E-state index in [1.807, 2.05) is 36.1 Å². The molecule has 2 rings (SSSR count). The maximum atomic E-state index is 12.4. The number of ether oxygens (including phenoxy) is 1. The molecule has 0 aliphatic carbocycles. The lowest BCUT2D eigenvalue weighted by Crippen LogP contribution is -2.41. The zero-order chi connectivity index (χ0) is 15.9. The van der Waals surface area contributed by atoms with E-state index in [-0.39, 0.29) is 5.91 Å². The lowest BCUT2D eigenvalue weighted by Gasteiger charge is -2.31. The van der Waals surface area contributed by atoms with Crippen molar-refractivity contribution in [3.05, 3.63) is 29.8 Å². The van der Waals surface area contributed by atoms with Crippen molar-refractivity contribution in [1.29, 1.82) is 5.26 Å². The molecule has 22 heavy (non-hydrogen) atoms. The number of aryl methyl sites for hydroxylation is 1. The Morgan fingerprint density at radius 2 is 2.18 bits per heavy atom. The monoisotopic (exact) mass is 300 g/mol. The van der Waals surface area contributed by atoms with Crippen LogP contribution in [0.25, 0.3) is 0 Å². The van der Waals surface area contributed by atoms with Crippen LogP contribution in [0.5, 0.6) is 5.75 Å². The minimum absolute atomic E-state index is 0.0396. The van der Waals surface area contributed by atoms with Crippen LogP contribution in [0, 0.1) is 30.1 Å². The van der Waals surface area contributed by atoms with Crippen LogP contribution < -0.4 is 4.74 Å². The van der Waals surface area contributed by atoms with Crippen LogP contribution >= 0.6 is 0 Å². The molecule has 1 aromatic rings. The fourth-order valence-corrected chi connectivity index (χ4v) is 2.69. The van der Waals surface area contributed by atoms with E-state index >= 15 is 0 Å². The first-order valence-corrected chi connectivity index (χ1v) is 7.98. The van der Waals surface area contributed by atoms with Gasteiger partial charge in [0.1, 0.15) is 11.7 Å². The quantitative estimate of drug-likeness (QED) is 0.839. The Labute approximate surface area is 132 Å². The Morgan fingerprint density at radius 3 is 2.82 bits per heavy atom. The minimum Gasteiger partial charge on any atom is -0.494 e. The van der Waals surface area contributed by atoms with Gasteiger partial charge >= 0.3 is 0 Å². The molecule has 4 heteroatoms. The third kappa shape index (κ3) is 4.49. The number of amides is 1. The molecule has 0 saturated carbocycles. The normalized spacial score (nSPS) is 16.9. The molecule has 1 unspecified atom stereocenters. The first kappa shape index (κ1) is 16.4. The van der Waals surface area contributed by atoms with Crippen LogP contribution in [0.2, 0.25) is 0 Å². The highest BCUT2D eigenvalue weighted by molar-refractivity contribution is 5.81. The lowest BCUT2D eigenvalue weighted by molar-refractivity contribution is -0.135. The van der Waals surface area contributed by atoms with Crippen molar-refractivity contribution in [1.82, 2.24) is 4.90 Å². The number of benzene rings is 1. The van der Waals surface area contributed by atoms with Gasteiger partial charge < -0.3 is 9.64 Å². The van der Waals surface area contributed by atoms with Gasteiger partial charge in [-0.05, 0) is 43.4 Å². The smallest absolute Gasteiger partial charge is 0.240 e. The molecule has 1 amide bonds. The van der Waals surface area contributed by atoms with Crippen LogP contribution in [0.1, 0.15) is 31.7 Å². The Kier molecular flexibility index (Phi) is 5.83. The molecule has 0 aromatic heterocycles. The van der Waals surface area contributed by atoms with E-state index in [1.165, 1.54) is 0 Å². The fourth-order valence-electron chi connectivity index (χ4n) is 2.69. The van der Waals surface area contributed by atoms with Gasteiger partial charge in [0.2, 0.25) is 5.91 Å². The number of rotatable bonds is 5. The molecule has 1 atom stereocenters. The summed E-state index contributed by atoms with van der Waals surface area (Å²) in [6.45, 7) is 6.15. The Morgan fingerprint density at radius 1 is 1.45 bits per heavy atom. The minimum atomic E-state index is -0.599. The molecule has 1 fully saturated rings. The van der Waals surface area contributed by atoms with E-state index in [0.717, 1.165) is 37.2 Å². The summed E-state index contributed by atoms with van der Waals surface area (Å²) in [7, 11) is 0. The highest BCUT2D eigenvalue weighted by atomic mass is 16.5. The molecule has 1 heterocycles. The second kappa shape index (κ2) is 7.84. The standard InChI is InChI=1S/C18H24N2O2/c1-14-6-9-20(10-7-14)18(21)16(13-19)8-11-22-17-5-3-4-15(2)12-17/h3-5,12,14,16H,6-11H2,1-2H3. The lowest BCUT2D eigenvalue weighted by atomic mass is 9.97. The first-order valence-electron chi connectivity index (χ1n) is 7.98. The van der Waals surface area contributed by atoms with Crippen molar-refractivity contribution in [3.8, 4) is 11.8 Å². The number of piperidine rings is 1. The number of carbonyl (C=O) groups excluding carboxylic acids is 1. The molecule has 1 aliphatic heterocycles. The number of likely N-dealkylation sites (tertiary alicyclic amines) is 1. The maximum absolute atomic E-state index is 12.4. The van der Waals surface area contributed by atoms with E-state index in [2.05, 4.69) is 13.0 Å². The Hall–Kier alpha value is -2.02. The van der Waals surface area contributed by atoms with Crippen LogP contribution in [0.4, 0.5) is 0 Å². The van der Waals surface area contributed by atoms with Gasteiger partial charge in [-0.1, -0.05) is 19.1 Å². The van der Waals surface area contributed by atoms with Gasteiger partial charge in [-0.2, -0.15) is 5.26 Å². The molecule has 0 spiro atoms. The number of carbonyl (C=O) groups is 1. The second-order valence-corrected chi connectivity index (χ2v) is 6.14. The summed E-state index contributed by atoms with van der Waals surface area (Å²) in [4.78, 5) is 14.2. The van der Waals surface area contributed by atoms with Crippen LogP contribution in [0.3, 0.4) is 0 Å². The van der Waals surface area contributed by atoms with Crippen molar-refractivity contribution in [2.24, 2.45) is 11.8 Å². The van der Waals surface area contributed by atoms with Gasteiger partial charge in [-0.15, -0.1) is 0 Å². The molecule has 0 N–H and O–H groups in total. The zero-order valence-electron chi connectivity index (χ0n) is 13.4. The number of hydrogen-bond acceptors (Lipinski definition) is 3. The largest absolute Gasteiger partial charge is 0.494 e. The van der Waals surface area contributed by atoms with Crippen molar-refractivity contribution < 1.29 is 9.53 Å².